The smallest absolute Gasteiger partial charge is 0.417 e. The van der Waals surface area contributed by atoms with Gasteiger partial charge in [0, 0.05) is 10.6 Å². The summed E-state index contributed by atoms with van der Waals surface area (Å²) >= 11 is 5.64. The summed E-state index contributed by atoms with van der Waals surface area (Å²) < 4.78 is 44.5. The molecule has 0 spiro atoms. The van der Waals surface area contributed by atoms with Crippen LogP contribution in [-0.2, 0) is 12.7 Å². The van der Waals surface area contributed by atoms with E-state index in [4.69, 9.17) is 16.0 Å². The van der Waals surface area contributed by atoms with Crippen LogP contribution in [0.15, 0.2) is 34.7 Å². The fraction of sp³-hybridized carbons (Fsp3) is 0.286. The van der Waals surface area contributed by atoms with Gasteiger partial charge in [0.2, 0.25) is 0 Å². The van der Waals surface area contributed by atoms with Crippen LogP contribution in [0.2, 0.25) is 5.02 Å². The van der Waals surface area contributed by atoms with Crippen molar-refractivity contribution in [1.29, 1.82) is 0 Å². The summed E-state index contributed by atoms with van der Waals surface area (Å²) in [5.41, 5.74) is -0.806. The predicted octanol–water partition coefficient (Wildman–Crippen LogP) is 4.73. The van der Waals surface area contributed by atoms with E-state index in [1.165, 1.54) is 18.2 Å². The second kappa shape index (κ2) is 5.89. The molecule has 1 heterocycles. The van der Waals surface area contributed by atoms with Gasteiger partial charge in [0.15, 0.2) is 0 Å². The maximum atomic E-state index is 13.0. The SMILES string of the molecule is CCNCc1ccc(-c2ccc(Cl)cc2C(F)(F)F)o1. The van der Waals surface area contributed by atoms with Crippen molar-refractivity contribution >= 4 is 11.6 Å². The third kappa shape index (κ3) is 3.35. The van der Waals surface area contributed by atoms with Gasteiger partial charge in [-0.15, -0.1) is 0 Å². The maximum absolute atomic E-state index is 13.0. The van der Waals surface area contributed by atoms with Crippen LogP contribution in [0.25, 0.3) is 11.3 Å². The molecule has 1 aromatic heterocycles. The number of hydrogen-bond donors (Lipinski definition) is 1. The van der Waals surface area contributed by atoms with Crippen LogP contribution in [0.5, 0.6) is 0 Å². The lowest BCUT2D eigenvalue weighted by Gasteiger charge is -2.11. The summed E-state index contributed by atoms with van der Waals surface area (Å²) in [5, 5.41) is 3.09. The van der Waals surface area contributed by atoms with Gasteiger partial charge in [0.25, 0.3) is 0 Å². The highest BCUT2D eigenvalue weighted by molar-refractivity contribution is 6.30. The molecule has 0 amide bonds. The van der Waals surface area contributed by atoms with Crippen molar-refractivity contribution in [3.8, 4) is 11.3 Å². The van der Waals surface area contributed by atoms with Gasteiger partial charge in [-0.1, -0.05) is 18.5 Å². The fourth-order valence-corrected chi connectivity index (χ4v) is 2.00. The van der Waals surface area contributed by atoms with Gasteiger partial charge in [-0.3, -0.25) is 0 Å². The number of furan rings is 1. The predicted molar refractivity (Wildman–Crippen MR) is 71.5 cm³/mol. The van der Waals surface area contributed by atoms with E-state index in [1.807, 2.05) is 6.92 Å². The molecule has 0 unspecified atom stereocenters. The Balaban J connectivity index is 2.39. The number of halogens is 4. The van der Waals surface area contributed by atoms with Crippen molar-refractivity contribution < 1.29 is 17.6 Å². The molecule has 0 saturated carbocycles. The molecule has 0 atom stereocenters. The average Bonchev–Trinajstić information content (AvgIpc) is 2.84. The lowest BCUT2D eigenvalue weighted by atomic mass is 10.1. The summed E-state index contributed by atoms with van der Waals surface area (Å²) in [5.74, 6) is 0.770. The molecule has 0 aliphatic carbocycles. The molecule has 0 radical (unpaired) electrons. The van der Waals surface area contributed by atoms with E-state index in [0.29, 0.717) is 12.3 Å². The quantitative estimate of drug-likeness (QED) is 0.883. The first-order valence-corrected chi connectivity index (χ1v) is 6.46. The summed E-state index contributed by atoms with van der Waals surface area (Å²) in [4.78, 5) is 0. The highest BCUT2D eigenvalue weighted by atomic mass is 35.5. The van der Waals surface area contributed by atoms with Crippen LogP contribution in [-0.4, -0.2) is 6.54 Å². The second-order valence-electron chi connectivity index (χ2n) is 4.23. The third-order valence-electron chi connectivity index (χ3n) is 2.76. The minimum absolute atomic E-state index is 0.00958. The molecule has 0 saturated heterocycles. The number of benzene rings is 1. The average molecular weight is 304 g/mol. The molecule has 1 aromatic carbocycles. The van der Waals surface area contributed by atoms with Crippen molar-refractivity contribution in [3.05, 3.63) is 46.7 Å². The number of hydrogen-bond acceptors (Lipinski definition) is 2. The van der Waals surface area contributed by atoms with Crippen molar-refractivity contribution in [3.63, 3.8) is 0 Å². The fourth-order valence-electron chi connectivity index (χ4n) is 1.83. The van der Waals surface area contributed by atoms with Gasteiger partial charge in [-0.05, 0) is 36.9 Å². The first-order valence-electron chi connectivity index (χ1n) is 6.08. The second-order valence-corrected chi connectivity index (χ2v) is 4.67. The monoisotopic (exact) mass is 303 g/mol. The Bertz CT molecular complexity index is 592. The topological polar surface area (TPSA) is 25.2 Å². The van der Waals surface area contributed by atoms with Crippen LogP contribution in [0.4, 0.5) is 13.2 Å². The molecule has 2 nitrogen and oxygen atoms in total. The molecule has 108 valence electrons. The maximum Gasteiger partial charge on any atom is 0.417 e. The van der Waals surface area contributed by atoms with Gasteiger partial charge in [0.1, 0.15) is 11.5 Å². The molecule has 0 aliphatic heterocycles. The normalized spacial score (nSPS) is 11.8. The zero-order valence-electron chi connectivity index (χ0n) is 10.7. The van der Waals surface area contributed by atoms with Crippen LogP contribution in [0.3, 0.4) is 0 Å². The van der Waals surface area contributed by atoms with E-state index in [0.717, 1.165) is 12.6 Å². The van der Waals surface area contributed by atoms with Crippen LogP contribution < -0.4 is 5.32 Å². The van der Waals surface area contributed by atoms with E-state index >= 15 is 0 Å². The van der Waals surface area contributed by atoms with Gasteiger partial charge in [-0.25, -0.2) is 0 Å². The Morgan fingerprint density at radius 1 is 1.20 bits per heavy atom. The molecule has 6 heteroatoms. The highest BCUT2D eigenvalue weighted by Crippen LogP contribution is 2.39. The Morgan fingerprint density at radius 2 is 1.95 bits per heavy atom. The number of rotatable bonds is 4. The Hall–Kier alpha value is -1.46. The number of nitrogens with one attached hydrogen (secondary N) is 1. The van der Waals surface area contributed by atoms with Crippen LogP contribution in [0.1, 0.15) is 18.2 Å². The summed E-state index contributed by atoms with van der Waals surface area (Å²) in [6.45, 7) is 3.17. The van der Waals surface area contributed by atoms with E-state index in [1.54, 1.807) is 6.07 Å². The molecule has 0 bridgehead atoms. The molecular formula is C14H13ClF3NO. The first-order chi connectivity index (χ1) is 9.41. The molecule has 0 fully saturated rings. The summed E-state index contributed by atoms with van der Waals surface area (Å²) in [6, 6.07) is 6.83. The van der Waals surface area contributed by atoms with E-state index in [-0.39, 0.29) is 16.3 Å². The van der Waals surface area contributed by atoms with Crippen LogP contribution >= 0.6 is 11.6 Å². The number of alkyl halides is 3. The Morgan fingerprint density at radius 3 is 2.60 bits per heavy atom. The molecule has 20 heavy (non-hydrogen) atoms. The highest BCUT2D eigenvalue weighted by Gasteiger charge is 2.34. The van der Waals surface area contributed by atoms with Crippen molar-refractivity contribution in [2.45, 2.75) is 19.6 Å². The standard InChI is InChI=1S/C14H13ClF3NO/c1-2-19-8-10-4-6-13(20-10)11-5-3-9(15)7-12(11)14(16,17)18/h3-7,19H,2,8H2,1H3. The van der Waals surface area contributed by atoms with Gasteiger partial charge in [0.05, 0.1) is 12.1 Å². The van der Waals surface area contributed by atoms with Crippen molar-refractivity contribution in [1.82, 2.24) is 5.32 Å². The zero-order chi connectivity index (χ0) is 14.8. The summed E-state index contributed by atoms with van der Waals surface area (Å²) in [6.07, 6.45) is -4.48. The third-order valence-corrected chi connectivity index (χ3v) is 3.00. The Labute approximate surface area is 119 Å². The zero-order valence-corrected chi connectivity index (χ0v) is 11.5. The molecule has 2 aromatic rings. The minimum atomic E-state index is -4.48. The van der Waals surface area contributed by atoms with Gasteiger partial charge < -0.3 is 9.73 Å². The largest absolute Gasteiger partial charge is 0.460 e. The lowest BCUT2D eigenvalue weighted by molar-refractivity contribution is -0.137. The van der Waals surface area contributed by atoms with E-state index in [9.17, 15) is 13.2 Å². The van der Waals surface area contributed by atoms with Gasteiger partial charge in [-0.2, -0.15) is 13.2 Å². The molecule has 1 N–H and O–H groups in total. The van der Waals surface area contributed by atoms with E-state index < -0.39 is 11.7 Å². The van der Waals surface area contributed by atoms with Gasteiger partial charge >= 0.3 is 6.18 Å². The summed E-state index contributed by atoms with van der Waals surface area (Å²) in [7, 11) is 0. The Kier molecular flexibility index (Phi) is 4.40. The first kappa shape index (κ1) is 14.9. The molecule has 0 aliphatic rings. The van der Waals surface area contributed by atoms with Crippen molar-refractivity contribution in [2.75, 3.05) is 6.54 Å². The molecular weight excluding hydrogens is 291 g/mol. The minimum Gasteiger partial charge on any atom is -0.460 e. The van der Waals surface area contributed by atoms with Crippen LogP contribution in [0, 0.1) is 0 Å². The van der Waals surface area contributed by atoms with E-state index in [2.05, 4.69) is 5.32 Å². The lowest BCUT2D eigenvalue weighted by Crippen LogP contribution is -2.10. The molecule has 2 rings (SSSR count). The van der Waals surface area contributed by atoms with Crippen molar-refractivity contribution in [2.24, 2.45) is 0 Å².